The molecule has 0 rings (SSSR count). The van der Waals surface area contributed by atoms with E-state index >= 15 is 0 Å². The van der Waals surface area contributed by atoms with Crippen LogP contribution in [0.1, 0.15) is 13.3 Å². The minimum atomic E-state index is 0.0833. The van der Waals surface area contributed by atoms with E-state index in [1.54, 1.807) is 18.0 Å². The Hall–Kier alpha value is -0.150. The predicted molar refractivity (Wildman–Crippen MR) is 49.4 cm³/mol. The van der Waals surface area contributed by atoms with E-state index in [1.165, 1.54) is 4.91 Å². The average Bonchev–Trinajstić information content (AvgIpc) is 1.90. The molecule has 0 aromatic heterocycles. The van der Waals surface area contributed by atoms with Gasteiger partial charge in [0.1, 0.15) is 0 Å². The molecule has 0 heterocycles. The summed E-state index contributed by atoms with van der Waals surface area (Å²) >= 11 is 6.96. The molecule has 4 heteroatoms. The lowest BCUT2D eigenvalue weighted by Crippen LogP contribution is -1.99. The molecule has 0 saturated carbocycles. The van der Waals surface area contributed by atoms with Crippen LogP contribution in [-0.4, -0.2) is 11.6 Å². The lowest BCUT2D eigenvalue weighted by Gasteiger charge is -1.94. The molecule has 0 aromatic rings. The summed E-state index contributed by atoms with van der Waals surface area (Å²) in [6, 6.07) is 0. The van der Waals surface area contributed by atoms with Gasteiger partial charge in [0.2, 0.25) is 0 Å². The Kier molecular flexibility index (Phi) is 5.54. The van der Waals surface area contributed by atoms with Gasteiger partial charge in [-0.2, -0.15) is 0 Å². The van der Waals surface area contributed by atoms with Crippen LogP contribution >= 0.6 is 23.4 Å². The summed E-state index contributed by atoms with van der Waals surface area (Å²) in [6.07, 6.45) is 4.65. The number of aliphatic imine (C=N–C) groups is 1. The Bertz CT molecular complexity index is 144. The standard InChI is InChI=1S/C6H11ClN2S/c1-3-5(10-2)4-9-6(7)8/h4H,3H2,1-2H3,(H2,8,9)/b5-4+. The molecule has 0 atom stereocenters. The molecule has 0 aliphatic heterocycles. The van der Waals surface area contributed by atoms with Crippen molar-refractivity contribution in [3.8, 4) is 0 Å². The monoisotopic (exact) mass is 178 g/mol. The second-order valence-corrected chi connectivity index (χ2v) is 2.92. The largest absolute Gasteiger partial charge is 0.374 e. The van der Waals surface area contributed by atoms with Crippen molar-refractivity contribution in [2.45, 2.75) is 13.3 Å². The van der Waals surface area contributed by atoms with Crippen molar-refractivity contribution in [3.05, 3.63) is 11.1 Å². The molecule has 0 bridgehead atoms. The van der Waals surface area contributed by atoms with Crippen LogP contribution in [0, 0.1) is 0 Å². The van der Waals surface area contributed by atoms with E-state index in [2.05, 4.69) is 11.9 Å². The van der Waals surface area contributed by atoms with Gasteiger partial charge in [-0.05, 0) is 24.3 Å². The Morgan fingerprint density at radius 3 is 2.70 bits per heavy atom. The third-order valence-electron chi connectivity index (χ3n) is 0.943. The highest BCUT2D eigenvalue weighted by molar-refractivity contribution is 8.02. The molecule has 0 saturated heterocycles. The smallest absolute Gasteiger partial charge is 0.193 e. The quantitative estimate of drug-likeness (QED) is 0.409. The highest BCUT2D eigenvalue weighted by atomic mass is 35.5. The summed E-state index contributed by atoms with van der Waals surface area (Å²) in [5.74, 6) is 0. The van der Waals surface area contributed by atoms with E-state index in [-0.39, 0.29) is 5.29 Å². The number of amidine groups is 1. The number of thioether (sulfide) groups is 1. The van der Waals surface area contributed by atoms with Crippen LogP contribution in [0.15, 0.2) is 16.1 Å². The zero-order chi connectivity index (χ0) is 7.98. The van der Waals surface area contributed by atoms with E-state index in [9.17, 15) is 0 Å². The van der Waals surface area contributed by atoms with Crippen LogP contribution in [-0.2, 0) is 0 Å². The van der Waals surface area contributed by atoms with Gasteiger partial charge in [0.25, 0.3) is 0 Å². The highest BCUT2D eigenvalue weighted by Gasteiger charge is 1.87. The molecule has 0 aliphatic rings. The lowest BCUT2D eigenvalue weighted by molar-refractivity contribution is 1.19. The second kappa shape index (κ2) is 5.62. The van der Waals surface area contributed by atoms with Gasteiger partial charge in [-0.3, -0.25) is 0 Å². The molecule has 0 radical (unpaired) electrons. The fourth-order valence-electron chi connectivity index (χ4n) is 0.422. The van der Waals surface area contributed by atoms with Crippen molar-refractivity contribution < 1.29 is 0 Å². The Balaban J connectivity index is 3.99. The molecule has 0 unspecified atom stereocenters. The maximum Gasteiger partial charge on any atom is 0.193 e. The van der Waals surface area contributed by atoms with Crippen molar-refractivity contribution in [2.24, 2.45) is 10.7 Å². The van der Waals surface area contributed by atoms with E-state index in [0.29, 0.717) is 0 Å². The molecule has 0 aliphatic carbocycles. The third kappa shape index (κ3) is 4.70. The van der Waals surface area contributed by atoms with Gasteiger partial charge in [0.05, 0.1) is 0 Å². The van der Waals surface area contributed by atoms with Gasteiger partial charge in [0.15, 0.2) is 5.29 Å². The summed E-state index contributed by atoms with van der Waals surface area (Å²) < 4.78 is 0. The van der Waals surface area contributed by atoms with Crippen molar-refractivity contribution in [1.82, 2.24) is 0 Å². The molecule has 2 N–H and O–H groups in total. The lowest BCUT2D eigenvalue weighted by atomic mass is 10.5. The minimum absolute atomic E-state index is 0.0833. The average molecular weight is 179 g/mol. The van der Waals surface area contributed by atoms with Crippen LogP contribution < -0.4 is 5.73 Å². The minimum Gasteiger partial charge on any atom is -0.374 e. The van der Waals surface area contributed by atoms with Gasteiger partial charge in [-0.15, -0.1) is 11.8 Å². The maximum absolute atomic E-state index is 5.31. The molecule has 58 valence electrons. The van der Waals surface area contributed by atoms with E-state index < -0.39 is 0 Å². The Morgan fingerprint density at radius 1 is 1.80 bits per heavy atom. The van der Waals surface area contributed by atoms with Crippen LogP contribution in [0.3, 0.4) is 0 Å². The van der Waals surface area contributed by atoms with E-state index in [4.69, 9.17) is 17.3 Å². The second-order valence-electron chi connectivity index (χ2n) is 1.60. The first-order chi connectivity index (χ1) is 4.70. The normalized spacial score (nSPS) is 13.9. The fraction of sp³-hybridized carbons (Fsp3) is 0.500. The molecular weight excluding hydrogens is 168 g/mol. The number of hydrogen-bond acceptors (Lipinski definition) is 2. The first-order valence-corrected chi connectivity index (χ1v) is 4.52. The molecular formula is C6H11ClN2S. The van der Waals surface area contributed by atoms with Crippen LogP contribution in [0.25, 0.3) is 0 Å². The van der Waals surface area contributed by atoms with Crippen molar-refractivity contribution >= 4 is 28.7 Å². The van der Waals surface area contributed by atoms with Crippen molar-refractivity contribution in [2.75, 3.05) is 6.26 Å². The zero-order valence-electron chi connectivity index (χ0n) is 6.10. The first-order valence-electron chi connectivity index (χ1n) is 2.92. The number of rotatable bonds is 3. The van der Waals surface area contributed by atoms with Gasteiger partial charge in [-0.1, -0.05) is 6.92 Å². The van der Waals surface area contributed by atoms with E-state index in [1.807, 2.05) is 6.26 Å². The van der Waals surface area contributed by atoms with Gasteiger partial charge >= 0.3 is 0 Å². The summed E-state index contributed by atoms with van der Waals surface area (Å²) in [4.78, 5) is 4.91. The molecule has 0 fully saturated rings. The topological polar surface area (TPSA) is 38.4 Å². The Morgan fingerprint density at radius 2 is 2.40 bits per heavy atom. The van der Waals surface area contributed by atoms with E-state index in [0.717, 1.165) is 6.42 Å². The zero-order valence-corrected chi connectivity index (χ0v) is 7.67. The number of allylic oxidation sites excluding steroid dienone is 1. The number of halogens is 1. The van der Waals surface area contributed by atoms with Gasteiger partial charge < -0.3 is 5.73 Å². The molecule has 2 nitrogen and oxygen atoms in total. The van der Waals surface area contributed by atoms with Gasteiger partial charge in [0, 0.05) is 11.1 Å². The van der Waals surface area contributed by atoms with Crippen LogP contribution in [0.5, 0.6) is 0 Å². The van der Waals surface area contributed by atoms with Crippen LogP contribution in [0.4, 0.5) is 0 Å². The van der Waals surface area contributed by atoms with Gasteiger partial charge in [-0.25, -0.2) is 4.99 Å². The fourth-order valence-corrected chi connectivity index (χ4v) is 0.918. The summed E-state index contributed by atoms with van der Waals surface area (Å²) in [5, 5.41) is 0.0833. The van der Waals surface area contributed by atoms with Crippen LogP contribution in [0.2, 0.25) is 0 Å². The molecule has 0 spiro atoms. The third-order valence-corrected chi connectivity index (χ3v) is 1.96. The molecule has 0 aromatic carbocycles. The first kappa shape index (κ1) is 9.85. The summed E-state index contributed by atoms with van der Waals surface area (Å²) in [6.45, 7) is 2.06. The summed E-state index contributed by atoms with van der Waals surface area (Å²) in [5.41, 5.74) is 5.11. The van der Waals surface area contributed by atoms with Crippen molar-refractivity contribution in [3.63, 3.8) is 0 Å². The molecule has 0 amide bonds. The molecule has 10 heavy (non-hydrogen) atoms. The number of nitrogens with zero attached hydrogens (tertiary/aromatic N) is 1. The Labute approximate surface area is 70.5 Å². The maximum atomic E-state index is 5.31. The highest BCUT2D eigenvalue weighted by Crippen LogP contribution is 2.14. The number of hydrogen-bond donors (Lipinski definition) is 1. The SMILES string of the molecule is CC/C(=C\N=C(N)Cl)SC. The van der Waals surface area contributed by atoms with Crippen molar-refractivity contribution in [1.29, 1.82) is 0 Å². The predicted octanol–water partition coefficient (Wildman–Crippen LogP) is 2.15. The number of nitrogens with two attached hydrogens (primary N) is 1. The summed E-state index contributed by atoms with van der Waals surface area (Å²) in [7, 11) is 0.